The summed E-state index contributed by atoms with van der Waals surface area (Å²) in [6.45, 7) is 9.31. The number of hydrogen-bond donors (Lipinski definition) is 3. The van der Waals surface area contributed by atoms with Crippen LogP contribution in [0.2, 0.25) is 0 Å². The van der Waals surface area contributed by atoms with Crippen LogP contribution in [0.4, 0.5) is 5.69 Å². The van der Waals surface area contributed by atoms with Gasteiger partial charge in [-0.1, -0.05) is 37.3 Å². The lowest BCUT2D eigenvalue weighted by atomic mass is 9.96. The number of morpholine rings is 1. The molecule has 2 aromatic rings. The number of benzene rings is 2. The molecular weight excluding hydrogens is 500 g/mol. The zero-order valence-corrected chi connectivity index (χ0v) is 23.9. The van der Waals surface area contributed by atoms with E-state index in [1.165, 1.54) is 0 Å². The third kappa shape index (κ3) is 8.34. The number of rotatable bonds is 12. The van der Waals surface area contributed by atoms with Crippen molar-refractivity contribution in [3.8, 4) is 11.5 Å². The molecule has 4 rings (SSSR count). The van der Waals surface area contributed by atoms with Crippen molar-refractivity contribution in [3.05, 3.63) is 101 Å². The molecule has 1 fully saturated rings. The molecule has 40 heavy (non-hydrogen) atoms. The average molecular weight is 543 g/mol. The molecule has 0 saturated carbocycles. The fourth-order valence-electron chi connectivity index (χ4n) is 4.81. The van der Waals surface area contributed by atoms with Gasteiger partial charge in [0.05, 0.1) is 25.5 Å². The molecule has 1 unspecified atom stereocenters. The van der Waals surface area contributed by atoms with Crippen LogP contribution in [0.3, 0.4) is 0 Å². The molecule has 1 aliphatic carbocycles. The molecule has 1 aliphatic heterocycles. The smallest absolute Gasteiger partial charge is 0.127 e. The number of ether oxygens (including phenoxy) is 3. The highest BCUT2D eigenvalue weighted by atomic mass is 16.5. The Morgan fingerprint density at radius 1 is 1.07 bits per heavy atom. The van der Waals surface area contributed by atoms with Crippen LogP contribution in [-0.4, -0.2) is 57.1 Å². The number of anilines is 1. The fraction of sp³-hybridized carbons (Fsp3) is 0.364. The van der Waals surface area contributed by atoms with E-state index in [4.69, 9.17) is 25.4 Å². The Kier molecular flexibility index (Phi) is 10.6. The van der Waals surface area contributed by atoms with Gasteiger partial charge in [-0.15, -0.1) is 0 Å². The zero-order valence-electron chi connectivity index (χ0n) is 23.9. The normalized spacial score (nSPS) is 18.2. The number of allylic oxidation sites excluding steroid dienone is 6. The first-order valence-corrected chi connectivity index (χ1v) is 14.1. The van der Waals surface area contributed by atoms with Crippen LogP contribution in [0.5, 0.6) is 11.5 Å². The second-order valence-corrected chi connectivity index (χ2v) is 10.2. The highest BCUT2D eigenvalue weighted by Gasteiger charge is 2.15. The molecular formula is C33H42N4O3. The topological polar surface area (TPSA) is 92.8 Å². The van der Waals surface area contributed by atoms with Crippen molar-refractivity contribution in [2.75, 3.05) is 51.8 Å². The predicted molar refractivity (Wildman–Crippen MR) is 163 cm³/mol. The summed E-state index contributed by atoms with van der Waals surface area (Å²) < 4.78 is 17.5. The van der Waals surface area contributed by atoms with Crippen LogP contribution in [-0.2, 0) is 4.74 Å². The van der Waals surface area contributed by atoms with Gasteiger partial charge in [0.2, 0.25) is 0 Å². The molecule has 0 radical (unpaired) electrons. The van der Waals surface area contributed by atoms with E-state index in [0.29, 0.717) is 24.4 Å². The van der Waals surface area contributed by atoms with Gasteiger partial charge in [-0.3, -0.25) is 10.3 Å². The third-order valence-corrected chi connectivity index (χ3v) is 7.12. The van der Waals surface area contributed by atoms with Crippen molar-refractivity contribution in [1.29, 1.82) is 5.41 Å². The lowest BCUT2D eigenvalue weighted by Gasteiger charge is -2.26. The van der Waals surface area contributed by atoms with Crippen LogP contribution >= 0.6 is 0 Å². The van der Waals surface area contributed by atoms with Gasteiger partial charge in [0, 0.05) is 56.1 Å². The highest BCUT2D eigenvalue weighted by Crippen LogP contribution is 2.27. The van der Waals surface area contributed by atoms with Gasteiger partial charge in [0.1, 0.15) is 17.3 Å². The monoisotopic (exact) mass is 542 g/mol. The van der Waals surface area contributed by atoms with Gasteiger partial charge >= 0.3 is 0 Å². The second-order valence-electron chi connectivity index (χ2n) is 10.2. The number of para-hydroxylation sites is 1. The van der Waals surface area contributed by atoms with Crippen molar-refractivity contribution < 1.29 is 14.2 Å². The first-order chi connectivity index (χ1) is 19.4. The van der Waals surface area contributed by atoms with Gasteiger partial charge in [-0.05, 0) is 66.8 Å². The van der Waals surface area contributed by atoms with E-state index in [-0.39, 0.29) is 5.92 Å². The Bertz CT molecular complexity index is 1270. The van der Waals surface area contributed by atoms with Crippen LogP contribution in [0, 0.1) is 11.3 Å². The summed E-state index contributed by atoms with van der Waals surface area (Å²) in [6.07, 6.45) is 9.83. The molecule has 0 bridgehead atoms. The molecule has 2 aromatic carbocycles. The number of hydrogen-bond acceptors (Lipinski definition) is 7. The minimum atomic E-state index is 0.188. The van der Waals surface area contributed by atoms with Gasteiger partial charge in [0.25, 0.3) is 0 Å². The molecule has 0 aromatic heterocycles. The van der Waals surface area contributed by atoms with Crippen molar-refractivity contribution >= 4 is 11.4 Å². The Morgan fingerprint density at radius 2 is 1.85 bits per heavy atom. The molecule has 212 valence electrons. The summed E-state index contributed by atoms with van der Waals surface area (Å²) in [5, 5.41) is 12.1. The maximum absolute atomic E-state index is 8.92. The van der Waals surface area contributed by atoms with Crippen molar-refractivity contribution in [3.63, 3.8) is 0 Å². The van der Waals surface area contributed by atoms with E-state index in [1.807, 2.05) is 74.7 Å². The number of nitrogens with zero attached hydrogens (tertiary/aromatic N) is 1. The standard InChI is InChI=1S/C33H42N4O3/c1-24-20-26(10-11-29(21-24)40-27-8-5-4-6-9-27)22-31(34)25(2)33(35)30-13-12-28(23-32(30)36-3)39-17-7-14-37-15-18-38-19-16-37/h4-6,8-13,20-21,23-24,35-36H,7,14-19,22,34H2,1-3H3/b31-25+,35-33?. The average Bonchev–Trinajstić information content (AvgIpc) is 3.15. The molecule has 7 nitrogen and oxygen atoms in total. The predicted octanol–water partition coefficient (Wildman–Crippen LogP) is 5.92. The maximum Gasteiger partial charge on any atom is 0.127 e. The molecule has 1 saturated heterocycles. The summed E-state index contributed by atoms with van der Waals surface area (Å²) in [4.78, 5) is 2.41. The van der Waals surface area contributed by atoms with Crippen molar-refractivity contribution in [2.45, 2.75) is 26.7 Å². The first-order valence-electron chi connectivity index (χ1n) is 14.1. The Morgan fingerprint density at radius 3 is 2.60 bits per heavy atom. The lowest BCUT2D eigenvalue weighted by Crippen LogP contribution is -2.37. The minimum Gasteiger partial charge on any atom is -0.493 e. The van der Waals surface area contributed by atoms with Crippen LogP contribution in [0.25, 0.3) is 0 Å². The second kappa shape index (κ2) is 14.5. The zero-order chi connectivity index (χ0) is 28.3. The van der Waals surface area contributed by atoms with Gasteiger partial charge in [-0.2, -0.15) is 0 Å². The van der Waals surface area contributed by atoms with Crippen molar-refractivity contribution in [2.24, 2.45) is 11.7 Å². The molecule has 2 aliphatic rings. The molecule has 1 atom stereocenters. The Balaban J connectivity index is 1.36. The van der Waals surface area contributed by atoms with Crippen molar-refractivity contribution in [1.82, 2.24) is 4.90 Å². The number of nitrogens with one attached hydrogen (secondary N) is 2. The van der Waals surface area contributed by atoms with E-state index in [2.05, 4.69) is 29.3 Å². The quantitative estimate of drug-likeness (QED) is 0.228. The summed E-state index contributed by atoms with van der Waals surface area (Å²) in [7, 11) is 1.86. The summed E-state index contributed by atoms with van der Waals surface area (Å²) in [6, 6.07) is 15.6. The van der Waals surface area contributed by atoms with Gasteiger partial charge in [-0.25, -0.2) is 0 Å². The summed E-state index contributed by atoms with van der Waals surface area (Å²) >= 11 is 0. The Hall–Kier alpha value is -3.81. The molecule has 4 N–H and O–H groups in total. The van der Waals surface area contributed by atoms with E-state index in [0.717, 1.165) is 78.9 Å². The van der Waals surface area contributed by atoms with Crippen LogP contribution in [0.15, 0.2) is 95.4 Å². The molecule has 7 heteroatoms. The van der Waals surface area contributed by atoms with E-state index >= 15 is 0 Å². The largest absolute Gasteiger partial charge is 0.493 e. The highest BCUT2D eigenvalue weighted by molar-refractivity contribution is 6.14. The third-order valence-electron chi connectivity index (χ3n) is 7.12. The first kappa shape index (κ1) is 29.2. The van der Waals surface area contributed by atoms with E-state index in [9.17, 15) is 0 Å². The fourth-order valence-corrected chi connectivity index (χ4v) is 4.81. The lowest BCUT2D eigenvalue weighted by molar-refractivity contribution is 0.0358. The minimum absolute atomic E-state index is 0.188. The molecule has 0 spiro atoms. The van der Waals surface area contributed by atoms with Crippen LogP contribution in [0.1, 0.15) is 32.3 Å². The van der Waals surface area contributed by atoms with E-state index < -0.39 is 0 Å². The molecule has 0 amide bonds. The summed E-state index contributed by atoms with van der Waals surface area (Å²) in [5.74, 6) is 2.59. The van der Waals surface area contributed by atoms with Gasteiger partial charge < -0.3 is 25.3 Å². The van der Waals surface area contributed by atoms with Crippen LogP contribution < -0.4 is 20.5 Å². The Labute approximate surface area is 238 Å². The number of nitrogens with two attached hydrogens (primary N) is 1. The summed E-state index contributed by atoms with van der Waals surface area (Å²) in [5.41, 5.74) is 11.1. The maximum atomic E-state index is 8.92. The van der Waals surface area contributed by atoms with E-state index in [1.54, 1.807) is 0 Å². The SMILES string of the molecule is CNc1cc(OCCCN2CCOCC2)ccc1C(=N)/C(C)=C(/N)CC1=CC(C)C=C(Oc2ccccc2)C=C1. The molecule has 1 heterocycles. The van der Waals surface area contributed by atoms with Gasteiger partial charge in [0.15, 0.2) is 0 Å².